The van der Waals surface area contributed by atoms with Crippen LogP contribution in [0.1, 0.15) is 5.56 Å². The lowest BCUT2D eigenvalue weighted by Crippen LogP contribution is -2.25. The number of nitrogens with two attached hydrogens (primary N) is 2. The van der Waals surface area contributed by atoms with E-state index in [1.807, 2.05) is 23.8 Å². The standard InChI is InChI=1S/C22H21FN4S/c1-4-5-6-15(8-24)13(2)7-16-19(9-25)27-22-21(16)20(18(23)10-26-22)17-12-28-11-14(17)3/h4-12H,1-2,24-25H2,3H3,(H,26,27)/b6-5-,15-8+,16-7+,19-9+. The first-order chi connectivity index (χ1) is 13.5. The highest BCUT2D eigenvalue weighted by molar-refractivity contribution is 7.08. The number of nitrogens with zero attached hydrogens (tertiary/aromatic N) is 1. The van der Waals surface area contributed by atoms with Crippen LogP contribution in [0.4, 0.5) is 4.39 Å². The second-order valence-corrected chi connectivity index (χ2v) is 6.92. The van der Waals surface area contributed by atoms with Gasteiger partial charge in [-0.1, -0.05) is 31.4 Å². The molecular formula is C22H21FN4S. The number of thiophene rings is 1. The Labute approximate surface area is 166 Å². The predicted octanol–water partition coefficient (Wildman–Crippen LogP) is 3.36. The second-order valence-electron chi connectivity index (χ2n) is 6.18. The van der Waals surface area contributed by atoms with Gasteiger partial charge in [0.25, 0.3) is 0 Å². The lowest BCUT2D eigenvalue weighted by atomic mass is 10.00. The fraction of sp³-hybridized carbons (Fsp3) is 0.0455. The number of H-pyrrole nitrogens is 1. The third-order valence-electron chi connectivity index (χ3n) is 4.42. The molecule has 0 atom stereocenters. The van der Waals surface area contributed by atoms with Crippen molar-refractivity contribution in [1.29, 1.82) is 0 Å². The van der Waals surface area contributed by atoms with E-state index < -0.39 is 5.82 Å². The summed E-state index contributed by atoms with van der Waals surface area (Å²) in [5.41, 5.74) is 15.8. The fourth-order valence-electron chi connectivity index (χ4n) is 3.03. The summed E-state index contributed by atoms with van der Waals surface area (Å²) in [6, 6.07) is 0. The third kappa shape index (κ3) is 3.42. The second kappa shape index (κ2) is 8.10. The zero-order valence-corrected chi connectivity index (χ0v) is 16.3. The Kier molecular flexibility index (Phi) is 5.61. The maximum Gasteiger partial charge on any atom is 0.150 e. The van der Waals surface area contributed by atoms with Crippen molar-refractivity contribution in [1.82, 2.24) is 9.97 Å². The van der Waals surface area contributed by atoms with Crippen LogP contribution < -0.4 is 22.0 Å². The van der Waals surface area contributed by atoms with Crippen molar-refractivity contribution in [3.8, 4) is 11.1 Å². The summed E-state index contributed by atoms with van der Waals surface area (Å²) < 4.78 is 14.9. The fourth-order valence-corrected chi connectivity index (χ4v) is 3.87. The lowest BCUT2D eigenvalue weighted by Gasteiger charge is -2.05. The van der Waals surface area contributed by atoms with Gasteiger partial charge in [-0.15, -0.1) is 0 Å². The topological polar surface area (TPSA) is 80.7 Å². The van der Waals surface area contributed by atoms with Crippen molar-refractivity contribution in [2.45, 2.75) is 6.92 Å². The summed E-state index contributed by atoms with van der Waals surface area (Å²) in [4.78, 5) is 7.37. The Morgan fingerprint density at radius 1 is 1.32 bits per heavy atom. The minimum atomic E-state index is -0.391. The van der Waals surface area contributed by atoms with Crippen molar-refractivity contribution in [2.75, 3.05) is 0 Å². The average Bonchev–Trinajstić information content (AvgIpc) is 3.26. The van der Waals surface area contributed by atoms with Crippen molar-refractivity contribution >= 4 is 34.6 Å². The summed E-state index contributed by atoms with van der Waals surface area (Å²) in [7, 11) is 0. The van der Waals surface area contributed by atoms with Gasteiger partial charge in [-0.2, -0.15) is 11.3 Å². The highest BCUT2D eigenvalue weighted by Crippen LogP contribution is 2.32. The van der Waals surface area contributed by atoms with Crippen LogP contribution in [0.15, 0.2) is 65.7 Å². The number of fused-ring (bicyclic) bond motifs is 1. The lowest BCUT2D eigenvalue weighted by molar-refractivity contribution is 0.627. The predicted molar refractivity (Wildman–Crippen MR) is 117 cm³/mol. The van der Waals surface area contributed by atoms with Gasteiger partial charge in [-0.3, -0.25) is 0 Å². The molecule has 0 radical (unpaired) electrons. The van der Waals surface area contributed by atoms with E-state index in [1.54, 1.807) is 18.2 Å². The van der Waals surface area contributed by atoms with Crippen molar-refractivity contribution < 1.29 is 4.39 Å². The van der Waals surface area contributed by atoms with Crippen LogP contribution in [-0.2, 0) is 0 Å². The van der Waals surface area contributed by atoms with E-state index in [0.29, 0.717) is 32.7 Å². The molecular weight excluding hydrogens is 371 g/mol. The van der Waals surface area contributed by atoms with Crippen molar-refractivity contribution in [3.63, 3.8) is 0 Å². The third-order valence-corrected chi connectivity index (χ3v) is 5.28. The van der Waals surface area contributed by atoms with Gasteiger partial charge in [-0.05, 0) is 46.0 Å². The smallest absolute Gasteiger partial charge is 0.150 e. The maximum absolute atomic E-state index is 14.9. The molecule has 0 aromatic carbocycles. The van der Waals surface area contributed by atoms with Gasteiger partial charge in [0.15, 0.2) is 0 Å². The minimum Gasteiger partial charge on any atom is -0.404 e. The van der Waals surface area contributed by atoms with E-state index >= 15 is 0 Å². The number of rotatable bonds is 5. The zero-order chi connectivity index (χ0) is 20.3. The first-order valence-corrected chi connectivity index (χ1v) is 9.49. The number of aromatic nitrogens is 2. The Morgan fingerprint density at radius 3 is 2.71 bits per heavy atom. The molecule has 28 heavy (non-hydrogen) atoms. The number of halogens is 1. The van der Waals surface area contributed by atoms with Gasteiger partial charge >= 0.3 is 0 Å². The number of nitrogens with one attached hydrogen (secondary N) is 1. The number of hydrogen-bond acceptors (Lipinski definition) is 4. The quantitative estimate of drug-likeness (QED) is 0.583. The van der Waals surface area contributed by atoms with Gasteiger partial charge in [0.1, 0.15) is 11.5 Å². The van der Waals surface area contributed by atoms with Crippen molar-refractivity contribution in [2.24, 2.45) is 11.5 Å². The van der Waals surface area contributed by atoms with Gasteiger partial charge in [-0.25, -0.2) is 9.37 Å². The maximum atomic E-state index is 14.9. The minimum absolute atomic E-state index is 0.391. The van der Waals surface area contributed by atoms with Crippen LogP contribution >= 0.6 is 11.3 Å². The van der Waals surface area contributed by atoms with Crippen LogP contribution in [0.5, 0.6) is 0 Å². The summed E-state index contributed by atoms with van der Waals surface area (Å²) in [5, 5.41) is 5.92. The Bertz CT molecular complexity index is 1240. The molecule has 3 aromatic heterocycles. The zero-order valence-electron chi connectivity index (χ0n) is 15.5. The highest BCUT2D eigenvalue weighted by Gasteiger charge is 2.17. The molecule has 0 saturated carbocycles. The summed E-state index contributed by atoms with van der Waals surface area (Å²) in [5.74, 6) is -0.391. The molecule has 3 heterocycles. The average molecular weight is 393 g/mol. The first-order valence-electron chi connectivity index (χ1n) is 8.55. The molecule has 6 heteroatoms. The number of pyridine rings is 1. The SMILES string of the molecule is C=C/C=C\C(=C/N)C(=C)/C=c1\c(=C/N)[nH]c2ncc(F)c(-c3cscc3C)c12. The van der Waals surface area contributed by atoms with E-state index in [2.05, 4.69) is 23.1 Å². The Hall–Kier alpha value is -3.38. The molecule has 0 aliphatic rings. The molecule has 0 saturated heterocycles. The normalized spacial score (nSPS) is 13.7. The monoisotopic (exact) mass is 392 g/mol. The number of allylic oxidation sites excluding steroid dienone is 5. The molecule has 0 bridgehead atoms. The van der Waals surface area contributed by atoms with Crippen molar-refractivity contribution in [3.05, 3.63) is 87.6 Å². The van der Waals surface area contributed by atoms with Crippen LogP contribution in [0.25, 0.3) is 34.4 Å². The molecule has 0 unspecified atom stereocenters. The molecule has 4 nitrogen and oxygen atoms in total. The van der Waals surface area contributed by atoms with Crippen LogP contribution in [0.2, 0.25) is 0 Å². The van der Waals surface area contributed by atoms with E-state index in [9.17, 15) is 4.39 Å². The number of aromatic amines is 1. The van der Waals surface area contributed by atoms with Crippen LogP contribution in [0, 0.1) is 12.7 Å². The number of aryl methyl sites for hydroxylation is 1. The molecule has 0 aliphatic heterocycles. The van der Waals surface area contributed by atoms with E-state index in [0.717, 1.165) is 16.7 Å². The number of hydrogen-bond donors (Lipinski definition) is 3. The van der Waals surface area contributed by atoms with Gasteiger partial charge < -0.3 is 16.5 Å². The molecule has 0 amide bonds. The largest absolute Gasteiger partial charge is 0.404 e. The molecule has 0 fully saturated rings. The van der Waals surface area contributed by atoms with E-state index in [1.165, 1.54) is 29.9 Å². The highest BCUT2D eigenvalue weighted by atomic mass is 32.1. The summed E-state index contributed by atoms with van der Waals surface area (Å²) >= 11 is 1.53. The molecule has 5 N–H and O–H groups in total. The first kappa shape index (κ1) is 19.4. The van der Waals surface area contributed by atoms with E-state index in [-0.39, 0.29) is 0 Å². The molecule has 3 aromatic rings. The van der Waals surface area contributed by atoms with Gasteiger partial charge in [0, 0.05) is 28.6 Å². The summed E-state index contributed by atoms with van der Waals surface area (Å²) in [6.45, 7) is 9.71. The van der Waals surface area contributed by atoms with Gasteiger partial charge in [0.2, 0.25) is 0 Å². The molecule has 0 aliphatic carbocycles. The van der Waals surface area contributed by atoms with E-state index in [4.69, 9.17) is 11.5 Å². The molecule has 142 valence electrons. The Morgan fingerprint density at radius 2 is 2.11 bits per heavy atom. The molecule has 3 rings (SSSR count). The van der Waals surface area contributed by atoms with Crippen LogP contribution in [0.3, 0.4) is 0 Å². The van der Waals surface area contributed by atoms with Crippen LogP contribution in [-0.4, -0.2) is 9.97 Å². The van der Waals surface area contributed by atoms with Gasteiger partial charge in [0.05, 0.1) is 11.5 Å². The Balaban J connectivity index is 2.39. The summed E-state index contributed by atoms with van der Waals surface area (Å²) in [6.07, 6.45) is 11.2. The molecule has 0 spiro atoms.